The zero-order valence-corrected chi connectivity index (χ0v) is 9.20. The monoisotopic (exact) mass is 216 g/mol. The molecule has 0 saturated heterocycles. The summed E-state index contributed by atoms with van der Waals surface area (Å²) in [6, 6.07) is 0. The molecule has 0 aromatic heterocycles. The van der Waals surface area contributed by atoms with Gasteiger partial charge in [-0.2, -0.15) is 0 Å². The van der Waals surface area contributed by atoms with E-state index in [1.54, 1.807) is 6.92 Å². The van der Waals surface area contributed by atoms with Gasteiger partial charge in [0.05, 0.1) is 6.42 Å². The molecular formula is C10H16O5. The smallest absolute Gasteiger partial charge is 0.310 e. The molecule has 0 saturated carbocycles. The Labute approximate surface area is 88.5 Å². The average molecular weight is 216 g/mol. The first-order valence-corrected chi connectivity index (χ1v) is 4.51. The molecule has 0 aromatic carbocycles. The zero-order chi connectivity index (χ0) is 12.4. The maximum Gasteiger partial charge on any atom is 0.310 e. The first-order valence-electron chi connectivity index (χ1n) is 4.51. The van der Waals surface area contributed by atoms with Gasteiger partial charge in [-0.3, -0.25) is 19.2 Å². The number of hydrogen-bond acceptors (Lipinski definition) is 4. The summed E-state index contributed by atoms with van der Waals surface area (Å²) < 4.78 is 0. The van der Waals surface area contributed by atoms with Gasteiger partial charge in [-0.05, 0) is 13.8 Å². The van der Waals surface area contributed by atoms with E-state index in [0.717, 1.165) is 0 Å². The van der Waals surface area contributed by atoms with Crippen LogP contribution in [0.25, 0.3) is 0 Å². The number of carbonyl (C=O) groups excluding carboxylic acids is 3. The first-order chi connectivity index (χ1) is 6.79. The van der Waals surface area contributed by atoms with Crippen LogP contribution in [0.1, 0.15) is 40.0 Å². The summed E-state index contributed by atoms with van der Waals surface area (Å²) in [5.74, 6) is -1.39. The van der Waals surface area contributed by atoms with Crippen LogP contribution in [0.5, 0.6) is 0 Å². The van der Waals surface area contributed by atoms with Crippen LogP contribution in [0, 0.1) is 0 Å². The second kappa shape index (κ2) is 9.05. The van der Waals surface area contributed by atoms with Crippen molar-refractivity contribution < 1.29 is 24.3 Å². The lowest BCUT2D eigenvalue weighted by Crippen LogP contribution is -2.01. The van der Waals surface area contributed by atoms with Gasteiger partial charge in [0, 0.05) is 6.42 Å². The maximum atomic E-state index is 10.4. The average Bonchev–Trinajstić information content (AvgIpc) is 2.01. The topological polar surface area (TPSA) is 88.5 Å². The molecular weight excluding hydrogens is 200 g/mol. The zero-order valence-electron chi connectivity index (χ0n) is 9.20. The molecule has 0 spiro atoms. The van der Waals surface area contributed by atoms with Crippen molar-refractivity contribution in [1.29, 1.82) is 0 Å². The molecule has 0 heterocycles. The third kappa shape index (κ3) is 19.1. The minimum Gasteiger partial charge on any atom is -0.481 e. The van der Waals surface area contributed by atoms with E-state index >= 15 is 0 Å². The molecule has 5 nitrogen and oxygen atoms in total. The van der Waals surface area contributed by atoms with Crippen molar-refractivity contribution >= 4 is 23.3 Å². The lowest BCUT2D eigenvalue weighted by molar-refractivity contribution is -0.139. The molecule has 0 aliphatic carbocycles. The van der Waals surface area contributed by atoms with Crippen LogP contribution in [-0.2, 0) is 19.2 Å². The lowest BCUT2D eigenvalue weighted by atomic mass is 10.2. The molecule has 0 radical (unpaired) electrons. The van der Waals surface area contributed by atoms with Crippen molar-refractivity contribution in [2.24, 2.45) is 0 Å². The lowest BCUT2D eigenvalue weighted by Gasteiger charge is -1.87. The third-order valence-electron chi connectivity index (χ3n) is 1.24. The second-order valence-electron chi connectivity index (χ2n) is 3.04. The molecule has 0 aromatic rings. The molecule has 86 valence electrons. The number of carboxylic acids is 1. The highest BCUT2D eigenvalue weighted by Crippen LogP contribution is 1.87. The number of carboxylic acid groups (broad SMARTS) is 1. The third-order valence-corrected chi connectivity index (χ3v) is 1.24. The van der Waals surface area contributed by atoms with E-state index < -0.39 is 5.97 Å². The van der Waals surface area contributed by atoms with Gasteiger partial charge in [0.15, 0.2) is 0 Å². The molecule has 0 bridgehead atoms. The Bertz CT molecular complexity index is 243. The molecule has 0 aliphatic rings. The highest BCUT2D eigenvalue weighted by molar-refractivity contribution is 5.97. The van der Waals surface area contributed by atoms with E-state index in [1.807, 2.05) is 0 Å². The molecule has 0 aliphatic heterocycles. The van der Waals surface area contributed by atoms with Crippen LogP contribution < -0.4 is 0 Å². The van der Waals surface area contributed by atoms with Crippen LogP contribution in [0.3, 0.4) is 0 Å². The number of Topliss-reactive ketones (excluding diaryl/α,β-unsaturated/α-hetero) is 3. The van der Waals surface area contributed by atoms with Crippen molar-refractivity contribution in [3.8, 4) is 0 Å². The highest BCUT2D eigenvalue weighted by Gasteiger charge is 1.99. The van der Waals surface area contributed by atoms with Gasteiger partial charge >= 0.3 is 5.97 Å². The van der Waals surface area contributed by atoms with Crippen LogP contribution in [-0.4, -0.2) is 28.4 Å². The van der Waals surface area contributed by atoms with Crippen molar-refractivity contribution in [2.75, 3.05) is 0 Å². The number of carbonyl (C=O) groups is 4. The second-order valence-corrected chi connectivity index (χ2v) is 3.04. The summed E-state index contributed by atoms with van der Waals surface area (Å²) in [6.45, 7) is 4.42. The van der Waals surface area contributed by atoms with E-state index in [1.165, 1.54) is 13.8 Å². The normalized spacial score (nSPS) is 8.47. The molecule has 15 heavy (non-hydrogen) atoms. The summed E-state index contributed by atoms with van der Waals surface area (Å²) in [6.07, 6.45) is 0.218. The van der Waals surface area contributed by atoms with Crippen LogP contribution in [0.2, 0.25) is 0 Å². The number of hydrogen-bond donors (Lipinski definition) is 1. The maximum absolute atomic E-state index is 10.4. The highest BCUT2D eigenvalue weighted by atomic mass is 16.4. The molecule has 0 rings (SSSR count). The fraction of sp³-hybridized carbons (Fsp3) is 0.600. The van der Waals surface area contributed by atoms with Crippen LogP contribution in [0.15, 0.2) is 0 Å². The van der Waals surface area contributed by atoms with Crippen molar-refractivity contribution in [2.45, 2.75) is 40.0 Å². The van der Waals surface area contributed by atoms with Crippen molar-refractivity contribution in [3.05, 3.63) is 0 Å². The molecule has 0 fully saturated rings. The fourth-order valence-electron chi connectivity index (χ4n) is 0.616. The predicted molar refractivity (Wildman–Crippen MR) is 53.5 cm³/mol. The summed E-state index contributed by atoms with van der Waals surface area (Å²) in [4.78, 5) is 40.1. The molecule has 5 heteroatoms. The summed E-state index contributed by atoms with van der Waals surface area (Å²) in [7, 11) is 0. The Balaban J connectivity index is 0. The Kier molecular flexibility index (Phi) is 9.61. The van der Waals surface area contributed by atoms with E-state index in [2.05, 4.69) is 0 Å². The number of rotatable bonds is 5. The van der Waals surface area contributed by atoms with Gasteiger partial charge in [0.25, 0.3) is 0 Å². The summed E-state index contributed by atoms with van der Waals surface area (Å²) in [5.41, 5.74) is 0. The Morgan fingerprint density at radius 2 is 1.33 bits per heavy atom. The first kappa shape index (κ1) is 15.9. The Hall–Kier alpha value is -1.52. The largest absolute Gasteiger partial charge is 0.481 e. The predicted octanol–water partition coefficient (Wildman–Crippen LogP) is 0.995. The minimum absolute atomic E-state index is 0.0255. The van der Waals surface area contributed by atoms with Gasteiger partial charge in [-0.25, -0.2) is 0 Å². The van der Waals surface area contributed by atoms with Gasteiger partial charge in [0.2, 0.25) is 0 Å². The standard InChI is InChI=1S/C6H10O2.C4H6O3/c1-3-6(8)4-5(2)7;1-3(5)2-4(6)7/h3-4H2,1-2H3;2H2,1H3,(H,6,7). The van der Waals surface area contributed by atoms with Crippen molar-refractivity contribution in [3.63, 3.8) is 0 Å². The molecule has 0 atom stereocenters. The van der Waals surface area contributed by atoms with E-state index in [9.17, 15) is 19.2 Å². The van der Waals surface area contributed by atoms with Crippen LogP contribution in [0.4, 0.5) is 0 Å². The Morgan fingerprint density at radius 3 is 1.40 bits per heavy atom. The van der Waals surface area contributed by atoms with Gasteiger partial charge in [-0.15, -0.1) is 0 Å². The summed E-state index contributed by atoms with van der Waals surface area (Å²) in [5, 5.41) is 7.86. The van der Waals surface area contributed by atoms with E-state index in [0.29, 0.717) is 6.42 Å². The van der Waals surface area contributed by atoms with Crippen molar-refractivity contribution in [1.82, 2.24) is 0 Å². The van der Waals surface area contributed by atoms with Crippen LogP contribution >= 0.6 is 0 Å². The summed E-state index contributed by atoms with van der Waals surface area (Å²) >= 11 is 0. The van der Waals surface area contributed by atoms with Gasteiger partial charge in [-0.1, -0.05) is 6.92 Å². The Morgan fingerprint density at radius 1 is 0.933 bits per heavy atom. The number of aliphatic carboxylic acids is 1. The number of ketones is 3. The molecule has 0 unspecified atom stereocenters. The SMILES string of the molecule is CC(=O)CC(=O)O.CCC(=O)CC(C)=O. The molecule has 0 amide bonds. The van der Waals surface area contributed by atoms with Gasteiger partial charge < -0.3 is 5.11 Å². The fourth-order valence-corrected chi connectivity index (χ4v) is 0.616. The molecule has 1 N–H and O–H groups in total. The quantitative estimate of drug-likeness (QED) is 0.692. The van der Waals surface area contributed by atoms with E-state index in [-0.39, 0.29) is 30.2 Å². The van der Waals surface area contributed by atoms with Gasteiger partial charge in [0.1, 0.15) is 23.8 Å². The minimum atomic E-state index is -1.06. The van der Waals surface area contributed by atoms with E-state index in [4.69, 9.17) is 5.11 Å².